The number of para-hydroxylation sites is 1. The van der Waals surface area contributed by atoms with Gasteiger partial charge in [-0.3, -0.25) is 0 Å². The molecule has 1 aromatic rings. The Morgan fingerprint density at radius 2 is 2.33 bits per heavy atom. The molecule has 1 saturated heterocycles. The van der Waals surface area contributed by atoms with Crippen molar-refractivity contribution >= 4 is 5.69 Å². The minimum absolute atomic E-state index is 0.298. The van der Waals surface area contributed by atoms with E-state index < -0.39 is 0 Å². The predicted octanol–water partition coefficient (Wildman–Crippen LogP) is 2.04. The highest BCUT2D eigenvalue weighted by molar-refractivity contribution is 5.48. The van der Waals surface area contributed by atoms with E-state index in [1.165, 1.54) is 18.9 Å². The van der Waals surface area contributed by atoms with Gasteiger partial charge in [0.2, 0.25) is 0 Å². The summed E-state index contributed by atoms with van der Waals surface area (Å²) in [5.74, 6) is -0.298. The fraction of sp³-hybridized carbons (Fsp3) is 0.500. The standard InChI is InChI=1S/C12H17FN2/c1-15-7-3-5-10(15)8-9-4-2-6-11(13)12(9)14/h2,4,6,10H,3,5,7-8,14H2,1H3. The average Bonchev–Trinajstić information content (AvgIpc) is 2.60. The van der Waals surface area contributed by atoms with Gasteiger partial charge in [-0.25, -0.2) is 4.39 Å². The van der Waals surface area contributed by atoms with Crippen LogP contribution in [0.2, 0.25) is 0 Å². The second kappa shape index (κ2) is 4.19. The van der Waals surface area contributed by atoms with Crippen LogP contribution in [-0.2, 0) is 6.42 Å². The van der Waals surface area contributed by atoms with Crippen molar-refractivity contribution in [1.82, 2.24) is 4.90 Å². The summed E-state index contributed by atoms with van der Waals surface area (Å²) in [6, 6.07) is 5.59. The van der Waals surface area contributed by atoms with E-state index in [0.717, 1.165) is 18.5 Å². The molecular weight excluding hydrogens is 191 g/mol. The number of likely N-dealkylation sites (tertiary alicyclic amines) is 1. The monoisotopic (exact) mass is 208 g/mol. The highest BCUT2D eigenvalue weighted by atomic mass is 19.1. The fourth-order valence-corrected chi connectivity index (χ4v) is 2.25. The molecule has 1 heterocycles. The minimum Gasteiger partial charge on any atom is -0.396 e. The van der Waals surface area contributed by atoms with Gasteiger partial charge in [0.1, 0.15) is 5.82 Å². The zero-order valence-electron chi connectivity index (χ0n) is 9.04. The fourth-order valence-electron chi connectivity index (χ4n) is 2.25. The molecule has 2 N–H and O–H groups in total. The number of benzene rings is 1. The predicted molar refractivity (Wildman–Crippen MR) is 60.2 cm³/mol. The van der Waals surface area contributed by atoms with Crippen molar-refractivity contribution in [1.29, 1.82) is 0 Å². The van der Waals surface area contributed by atoms with E-state index >= 15 is 0 Å². The Balaban J connectivity index is 2.13. The van der Waals surface area contributed by atoms with Crippen LogP contribution < -0.4 is 5.73 Å². The van der Waals surface area contributed by atoms with Crippen LogP contribution in [0.4, 0.5) is 10.1 Å². The Bertz CT molecular complexity index is 351. The first-order valence-electron chi connectivity index (χ1n) is 5.41. The molecule has 1 aliphatic rings. The van der Waals surface area contributed by atoms with Crippen LogP contribution in [0, 0.1) is 5.82 Å². The Morgan fingerprint density at radius 1 is 1.53 bits per heavy atom. The summed E-state index contributed by atoms with van der Waals surface area (Å²) in [6.45, 7) is 1.14. The second-order valence-electron chi connectivity index (χ2n) is 4.29. The Hall–Kier alpha value is -1.09. The first-order chi connectivity index (χ1) is 7.18. The zero-order valence-corrected chi connectivity index (χ0v) is 9.04. The van der Waals surface area contributed by atoms with Crippen molar-refractivity contribution in [3.8, 4) is 0 Å². The number of anilines is 1. The number of nitrogens with zero attached hydrogens (tertiary/aromatic N) is 1. The van der Waals surface area contributed by atoms with Gasteiger partial charge >= 0.3 is 0 Å². The summed E-state index contributed by atoms with van der Waals surface area (Å²) in [4.78, 5) is 2.32. The summed E-state index contributed by atoms with van der Waals surface area (Å²) in [5.41, 5.74) is 6.97. The number of nitrogens with two attached hydrogens (primary N) is 1. The van der Waals surface area contributed by atoms with E-state index in [1.807, 2.05) is 6.07 Å². The molecule has 2 nitrogen and oxygen atoms in total. The lowest BCUT2D eigenvalue weighted by Gasteiger charge is -2.20. The SMILES string of the molecule is CN1CCCC1Cc1cccc(F)c1N. The van der Waals surface area contributed by atoms with Crippen LogP contribution in [0.3, 0.4) is 0 Å². The van der Waals surface area contributed by atoms with Gasteiger partial charge < -0.3 is 10.6 Å². The summed E-state index contributed by atoms with van der Waals surface area (Å²) >= 11 is 0. The maximum absolute atomic E-state index is 13.2. The third kappa shape index (κ3) is 2.12. The Labute approximate surface area is 89.9 Å². The average molecular weight is 208 g/mol. The molecule has 0 spiro atoms. The quantitative estimate of drug-likeness (QED) is 0.754. The van der Waals surface area contributed by atoms with Gasteiger partial charge in [-0.1, -0.05) is 12.1 Å². The third-order valence-corrected chi connectivity index (χ3v) is 3.27. The smallest absolute Gasteiger partial charge is 0.146 e. The largest absolute Gasteiger partial charge is 0.396 e. The van der Waals surface area contributed by atoms with Gasteiger partial charge in [-0.2, -0.15) is 0 Å². The molecule has 1 fully saturated rings. The molecular formula is C12H17FN2. The molecule has 15 heavy (non-hydrogen) atoms. The molecule has 3 heteroatoms. The van der Waals surface area contributed by atoms with Gasteiger partial charge in [-0.05, 0) is 44.5 Å². The maximum Gasteiger partial charge on any atom is 0.146 e. The second-order valence-corrected chi connectivity index (χ2v) is 4.29. The van der Waals surface area contributed by atoms with Gasteiger partial charge in [0, 0.05) is 6.04 Å². The van der Waals surface area contributed by atoms with Crippen molar-refractivity contribution in [2.24, 2.45) is 0 Å². The van der Waals surface area contributed by atoms with E-state index in [0.29, 0.717) is 11.7 Å². The molecule has 0 aliphatic carbocycles. The number of hydrogen-bond acceptors (Lipinski definition) is 2. The number of likely N-dealkylation sites (N-methyl/N-ethyl adjacent to an activating group) is 1. The summed E-state index contributed by atoms with van der Waals surface area (Å²) in [5, 5.41) is 0. The molecule has 1 aliphatic heterocycles. The van der Waals surface area contributed by atoms with Crippen molar-refractivity contribution in [2.75, 3.05) is 19.3 Å². The van der Waals surface area contributed by atoms with Crippen molar-refractivity contribution in [3.63, 3.8) is 0 Å². The van der Waals surface area contributed by atoms with Gasteiger partial charge in [0.15, 0.2) is 0 Å². The molecule has 1 atom stereocenters. The molecule has 0 amide bonds. The van der Waals surface area contributed by atoms with E-state index in [2.05, 4.69) is 11.9 Å². The first kappa shape index (κ1) is 10.4. The zero-order chi connectivity index (χ0) is 10.8. The van der Waals surface area contributed by atoms with E-state index in [-0.39, 0.29) is 5.82 Å². The Morgan fingerprint density at radius 3 is 3.00 bits per heavy atom. The molecule has 0 saturated carbocycles. The molecule has 0 aromatic heterocycles. The van der Waals surface area contributed by atoms with Crippen molar-refractivity contribution in [2.45, 2.75) is 25.3 Å². The molecule has 1 unspecified atom stereocenters. The first-order valence-corrected chi connectivity index (χ1v) is 5.41. The number of hydrogen-bond donors (Lipinski definition) is 1. The maximum atomic E-state index is 13.2. The Kier molecular flexibility index (Phi) is 2.91. The van der Waals surface area contributed by atoms with Gasteiger partial charge in [0.25, 0.3) is 0 Å². The molecule has 1 aromatic carbocycles. The summed E-state index contributed by atoms with van der Waals surface area (Å²) < 4.78 is 13.2. The number of rotatable bonds is 2. The summed E-state index contributed by atoms with van der Waals surface area (Å²) in [6.07, 6.45) is 3.28. The molecule has 82 valence electrons. The highest BCUT2D eigenvalue weighted by Crippen LogP contribution is 2.23. The van der Waals surface area contributed by atoms with E-state index in [1.54, 1.807) is 6.07 Å². The lowest BCUT2D eigenvalue weighted by molar-refractivity contribution is 0.309. The third-order valence-electron chi connectivity index (χ3n) is 3.27. The van der Waals surface area contributed by atoms with Crippen LogP contribution in [0.15, 0.2) is 18.2 Å². The van der Waals surface area contributed by atoms with Crippen molar-refractivity contribution in [3.05, 3.63) is 29.6 Å². The van der Waals surface area contributed by atoms with Gasteiger partial charge in [-0.15, -0.1) is 0 Å². The van der Waals surface area contributed by atoms with Crippen LogP contribution >= 0.6 is 0 Å². The van der Waals surface area contributed by atoms with E-state index in [9.17, 15) is 4.39 Å². The van der Waals surface area contributed by atoms with Crippen LogP contribution in [-0.4, -0.2) is 24.5 Å². The molecule has 2 rings (SSSR count). The lowest BCUT2D eigenvalue weighted by Crippen LogP contribution is -2.27. The number of nitrogen functional groups attached to an aromatic ring is 1. The van der Waals surface area contributed by atoms with Crippen LogP contribution in [0.1, 0.15) is 18.4 Å². The van der Waals surface area contributed by atoms with Gasteiger partial charge in [0.05, 0.1) is 5.69 Å². The molecule has 0 radical (unpaired) electrons. The number of halogens is 1. The van der Waals surface area contributed by atoms with Crippen LogP contribution in [0.5, 0.6) is 0 Å². The lowest BCUT2D eigenvalue weighted by atomic mass is 10.0. The van der Waals surface area contributed by atoms with E-state index in [4.69, 9.17) is 5.73 Å². The van der Waals surface area contributed by atoms with Crippen molar-refractivity contribution < 1.29 is 4.39 Å². The molecule has 0 bridgehead atoms. The highest BCUT2D eigenvalue weighted by Gasteiger charge is 2.21. The minimum atomic E-state index is -0.298. The normalized spacial score (nSPS) is 22.1. The topological polar surface area (TPSA) is 29.3 Å². The summed E-state index contributed by atoms with van der Waals surface area (Å²) in [7, 11) is 2.12. The van der Waals surface area contributed by atoms with Crippen LogP contribution in [0.25, 0.3) is 0 Å².